The summed E-state index contributed by atoms with van der Waals surface area (Å²) in [5.41, 5.74) is 1.76. The molecule has 7 heteroatoms. The molecule has 3 N–H and O–H groups in total. The number of nitrogens with zero attached hydrogens (tertiary/aromatic N) is 1. The third-order valence-electron chi connectivity index (χ3n) is 2.85. The van der Waals surface area contributed by atoms with Crippen molar-refractivity contribution in [3.63, 3.8) is 0 Å². The van der Waals surface area contributed by atoms with E-state index < -0.39 is 0 Å². The van der Waals surface area contributed by atoms with Crippen molar-refractivity contribution in [2.75, 3.05) is 19.6 Å². The van der Waals surface area contributed by atoms with Gasteiger partial charge in [-0.15, -0.1) is 12.4 Å². The molecule has 1 amide bonds. The maximum Gasteiger partial charge on any atom is 0.255 e. The number of likely N-dealkylation sites (N-methyl/N-ethyl adjacent to an activating group) is 1. The lowest BCUT2D eigenvalue weighted by atomic mass is 10.1. The van der Waals surface area contributed by atoms with Gasteiger partial charge in [-0.1, -0.05) is 6.92 Å². The van der Waals surface area contributed by atoms with Crippen LogP contribution in [0.25, 0.3) is 11.3 Å². The van der Waals surface area contributed by atoms with Gasteiger partial charge in [0, 0.05) is 18.7 Å². The van der Waals surface area contributed by atoms with Gasteiger partial charge in [0.2, 0.25) is 0 Å². The van der Waals surface area contributed by atoms with E-state index in [9.17, 15) is 9.18 Å². The van der Waals surface area contributed by atoms with Crippen molar-refractivity contribution < 1.29 is 9.18 Å². The van der Waals surface area contributed by atoms with E-state index in [1.807, 2.05) is 6.92 Å². The van der Waals surface area contributed by atoms with Gasteiger partial charge in [0.25, 0.3) is 5.91 Å². The summed E-state index contributed by atoms with van der Waals surface area (Å²) >= 11 is 0. The minimum atomic E-state index is -0.315. The van der Waals surface area contributed by atoms with E-state index in [0.717, 1.165) is 12.1 Å². The van der Waals surface area contributed by atoms with E-state index in [2.05, 4.69) is 20.8 Å². The Morgan fingerprint density at radius 3 is 2.67 bits per heavy atom. The van der Waals surface area contributed by atoms with Gasteiger partial charge < -0.3 is 10.6 Å². The lowest BCUT2D eigenvalue weighted by Gasteiger charge is -2.06. The Balaban J connectivity index is 0.00000220. The van der Waals surface area contributed by atoms with Crippen molar-refractivity contribution in [3.05, 3.63) is 41.8 Å². The highest BCUT2D eigenvalue weighted by atomic mass is 35.5. The molecule has 0 fully saturated rings. The highest BCUT2D eigenvalue weighted by Crippen LogP contribution is 2.21. The van der Waals surface area contributed by atoms with E-state index in [1.165, 1.54) is 18.3 Å². The number of carbonyl (C=O) groups is 1. The lowest BCUT2D eigenvalue weighted by molar-refractivity contribution is 0.0954. The fourth-order valence-corrected chi connectivity index (χ4v) is 1.83. The molecule has 0 aliphatic rings. The summed E-state index contributed by atoms with van der Waals surface area (Å²) in [4.78, 5) is 12.1. The van der Waals surface area contributed by atoms with Crippen molar-refractivity contribution >= 4 is 18.3 Å². The molecule has 5 nitrogen and oxygen atoms in total. The Hall–Kier alpha value is -1.92. The monoisotopic (exact) mass is 312 g/mol. The molecular weight excluding hydrogens is 295 g/mol. The van der Waals surface area contributed by atoms with Crippen LogP contribution >= 0.6 is 12.4 Å². The zero-order chi connectivity index (χ0) is 14.4. The summed E-state index contributed by atoms with van der Waals surface area (Å²) in [5, 5.41) is 12.6. The summed E-state index contributed by atoms with van der Waals surface area (Å²) in [7, 11) is 0. The lowest BCUT2D eigenvalue weighted by Crippen LogP contribution is -2.31. The molecule has 0 aliphatic heterocycles. The van der Waals surface area contributed by atoms with Crippen LogP contribution in [0.2, 0.25) is 0 Å². The van der Waals surface area contributed by atoms with Gasteiger partial charge in [-0.25, -0.2) is 4.39 Å². The smallest absolute Gasteiger partial charge is 0.255 e. The molecule has 114 valence electrons. The van der Waals surface area contributed by atoms with Crippen LogP contribution in [0.4, 0.5) is 4.39 Å². The highest BCUT2D eigenvalue weighted by Gasteiger charge is 2.14. The van der Waals surface area contributed by atoms with Crippen LogP contribution in [-0.2, 0) is 0 Å². The van der Waals surface area contributed by atoms with E-state index >= 15 is 0 Å². The van der Waals surface area contributed by atoms with Gasteiger partial charge in [-0.2, -0.15) is 5.10 Å². The van der Waals surface area contributed by atoms with Crippen LogP contribution in [0.5, 0.6) is 0 Å². The standard InChI is InChI=1S/C14H17FN4O.ClH/c1-2-16-7-8-17-14(20)12-9-18-19-13(12)10-3-5-11(15)6-4-10;/h3-6,9,16H,2,7-8H2,1H3,(H,17,20)(H,18,19);1H. The van der Waals surface area contributed by atoms with Crippen LogP contribution in [0, 0.1) is 5.82 Å². The first-order valence-electron chi connectivity index (χ1n) is 6.50. The number of hydrogen-bond acceptors (Lipinski definition) is 3. The van der Waals surface area contributed by atoms with E-state index in [0.29, 0.717) is 24.3 Å². The van der Waals surface area contributed by atoms with Gasteiger partial charge in [-0.05, 0) is 30.8 Å². The summed E-state index contributed by atoms with van der Waals surface area (Å²) < 4.78 is 12.9. The SMILES string of the molecule is CCNCCNC(=O)c1cn[nH]c1-c1ccc(F)cc1.Cl. The first-order valence-corrected chi connectivity index (χ1v) is 6.50. The Bertz CT molecular complexity index is 571. The molecule has 0 atom stereocenters. The van der Waals surface area contributed by atoms with Crippen LogP contribution in [-0.4, -0.2) is 35.7 Å². The number of aromatic amines is 1. The first kappa shape index (κ1) is 17.1. The predicted molar refractivity (Wildman–Crippen MR) is 82.1 cm³/mol. The molecule has 0 unspecified atom stereocenters. The second-order valence-corrected chi connectivity index (χ2v) is 4.28. The second-order valence-electron chi connectivity index (χ2n) is 4.28. The molecule has 0 aliphatic carbocycles. The van der Waals surface area contributed by atoms with Crippen LogP contribution < -0.4 is 10.6 Å². The molecule has 1 heterocycles. The van der Waals surface area contributed by atoms with Crippen molar-refractivity contribution in [3.8, 4) is 11.3 Å². The van der Waals surface area contributed by atoms with Crippen molar-refractivity contribution in [1.29, 1.82) is 0 Å². The third kappa shape index (κ3) is 4.54. The van der Waals surface area contributed by atoms with Gasteiger partial charge in [0.05, 0.1) is 17.5 Å². The van der Waals surface area contributed by atoms with Gasteiger partial charge in [-0.3, -0.25) is 9.89 Å². The molecule has 2 rings (SSSR count). The molecular formula is C14H18ClFN4O. The van der Waals surface area contributed by atoms with Crippen molar-refractivity contribution in [1.82, 2.24) is 20.8 Å². The Labute approximate surface area is 128 Å². The fourth-order valence-electron chi connectivity index (χ4n) is 1.83. The number of carbonyl (C=O) groups excluding carboxylic acids is 1. The normalized spacial score (nSPS) is 10.0. The van der Waals surface area contributed by atoms with Crippen LogP contribution in [0.1, 0.15) is 17.3 Å². The minimum absolute atomic E-state index is 0. The number of aromatic nitrogens is 2. The predicted octanol–water partition coefficient (Wildman–Crippen LogP) is 1.98. The number of benzene rings is 1. The number of rotatable bonds is 6. The largest absolute Gasteiger partial charge is 0.351 e. The number of H-pyrrole nitrogens is 1. The molecule has 0 bridgehead atoms. The van der Waals surface area contributed by atoms with Crippen LogP contribution in [0.15, 0.2) is 30.5 Å². The molecule has 0 saturated heterocycles. The summed E-state index contributed by atoms with van der Waals surface area (Å²) in [6, 6.07) is 5.92. The average molecular weight is 313 g/mol. The zero-order valence-corrected chi connectivity index (χ0v) is 12.5. The molecule has 0 saturated carbocycles. The summed E-state index contributed by atoms with van der Waals surface area (Å²) in [6.07, 6.45) is 1.47. The van der Waals surface area contributed by atoms with Crippen molar-refractivity contribution in [2.45, 2.75) is 6.92 Å². The molecule has 1 aromatic carbocycles. The Morgan fingerprint density at radius 2 is 2.00 bits per heavy atom. The number of nitrogens with one attached hydrogen (secondary N) is 3. The third-order valence-corrected chi connectivity index (χ3v) is 2.85. The number of hydrogen-bond donors (Lipinski definition) is 3. The molecule has 2 aromatic rings. The van der Waals surface area contributed by atoms with Crippen molar-refractivity contribution in [2.24, 2.45) is 0 Å². The van der Waals surface area contributed by atoms with Gasteiger partial charge >= 0.3 is 0 Å². The van der Waals surface area contributed by atoms with Gasteiger partial charge in [0.15, 0.2) is 0 Å². The molecule has 0 radical (unpaired) electrons. The maximum atomic E-state index is 12.9. The summed E-state index contributed by atoms with van der Waals surface area (Å²) in [5.74, 6) is -0.513. The quantitative estimate of drug-likeness (QED) is 0.714. The second kappa shape index (κ2) is 8.39. The highest BCUT2D eigenvalue weighted by molar-refractivity contribution is 5.99. The maximum absolute atomic E-state index is 12.9. The Kier molecular flexibility index (Phi) is 6.84. The first-order chi connectivity index (χ1) is 9.72. The Morgan fingerprint density at radius 1 is 1.29 bits per heavy atom. The number of halogens is 2. The topological polar surface area (TPSA) is 69.8 Å². The molecule has 0 spiro atoms. The van der Waals surface area contributed by atoms with E-state index in [4.69, 9.17) is 0 Å². The average Bonchev–Trinajstić information content (AvgIpc) is 2.93. The minimum Gasteiger partial charge on any atom is -0.351 e. The number of amides is 1. The van der Waals surface area contributed by atoms with Crippen LogP contribution in [0.3, 0.4) is 0 Å². The van der Waals surface area contributed by atoms with Gasteiger partial charge in [0.1, 0.15) is 5.82 Å². The van der Waals surface area contributed by atoms with E-state index in [-0.39, 0.29) is 24.1 Å². The fraction of sp³-hybridized carbons (Fsp3) is 0.286. The van der Waals surface area contributed by atoms with E-state index in [1.54, 1.807) is 12.1 Å². The zero-order valence-electron chi connectivity index (χ0n) is 11.6. The molecule has 1 aromatic heterocycles. The molecule has 21 heavy (non-hydrogen) atoms. The summed E-state index contributed by atoms with van der Waals surface area (Å²) in [6.45, 7) is 4.12.